The number of nitrogens with zero attached hydrogens (tertiary/aromatic N) is 2. The molecule has 1 aromatic carbocycles. The zero-order chi connectivity index (χ0) is 14.3. The van der Waals surface area contributed by atoms with E-state index < -0.39 is 0 Å². The van der Waals surface area contributed by atoms with Gasteiger partial charge in [-0.25, -0.2) is 0 Å². The molecule has 0 aliphatic heterocycles. The first-order valence-corrected chi connectivity index (χ1v) is 6.24. The van der Waals surface area contributed by atoms with Gasteiger partial charge in [-0.3, -0.25) is 9.48 Å². The lowest BCUT2D eigenvalue weighted by Gasteiger charge is -2.03. The molecule has 6 nitrogen and oxygen atoms in total. The van der Waals surface area contributed by atoms with E-state index in [0.717, 1.165) is 16.6 Å². The zero-order valence-electron chi connectivity index (χ0n) is 11.3. The molecule has 0 saturated carbocycles. The number of hydrogen-bond donors (Lipinski definition) is 3. The molecule has 3 aromatic rings. The number of nitrogens with two attached hydrogens (primary N) is 1. The molecule has 4 N–H and O–H groups in total. The summed E-state index contributed by atoms with van der Waals surface area (Å²) in [5.41, 5.74) is 8.59. The number of aryl methyl sites for hydroxylation is 2. The average Bonchev–Trinajstić information content (AvgIpc) is 2.94. The van der Waals surface area contributed by atoms with E-state index in [4.69, 9.17) is 5.73 Å². The van der Waals surface area contributed by atoms with Gasteiger partial charge >= 0.3 is 0 Å². The smallest absolute Gasteiger partial charge is 0.273 e. The van der Waals surface area contributed by atoms with Crippen LogP contribution in [0.5, 0.6) is 0 Å². The van der Waals surface area contributed by atoms with Crippen LogP contribution in [-0.4, -0.2) is 20.7 Å². The van der Waals surface area contributed by atoms with Crippen molar-refractivity contribution in [1.82, 2.24) is 14.8 Å². The minimum Gasteiger partial charge on any atom is -0.397 e. The summed E-state index contributed by atoms with van der Waals surface area (Å²) in [4.78, 5) is 15.3. The summed E-state index contributed by atoms with van der Waals surface area (Å²) in [6.45, 7) is 1.87. The number of aromatic amines is 1. The van der Waals surface area contributed by atoms with Crippen molar-refractivity contribution < 1.29 is 4.79 Å². The summed E-state index contributed by atoms with van der Waals surface area (Å²) in [5, 5.41) is 7.92. The van der Waals surface area contributed by atoms with Crippen molar-refractivity contribution in [2.45, 2.75) is 6.92 Å². The predicted molar refractivity (Wildman–Crippen MR) is 78.6 cm³/mol. The molecule has 102 valence electrons. The molecule has 0 atom stereocenters. The first-order chi connectivity index (χ1) is 9.54. The predicted octanol–water partition coefficient (Wildman–Crippen LogP) is 2.04. The van der Waals surface area contributed by atoms with Crippen LogP contribution in [0.15, 0.2) is 30.3 Å². The number of para-hydroxylation sites is 1. The lowest BCUT2D eigenvalue weighted by Crippen LogP contribution is -2.14. The third-order valence-electron chi connectivity index (χ3n) is 3.18. The third-order valence-corrected chi connectivity index (χ3v) is 3.18. The maximum absolute atomic E-state index is 12.2. The molecule has 0 aliphatic rings. The van der Waals surface area contributed by atoms with Gasteiger partial charge in [0.05, 0.1) is 16.9 Å². The molecule has 0 aliphatic carbocycles. The molecule has 6 heteroatoms. The van der Waals surface area contributed by atoms with E-state index >= 15 is 0 Å². The van der Waals surface area contributed by atoms with Gasteiger partial charge in [-0.1, -0.05) is 12.1 Å². The molecule has 0 radical (unpaired) electrons. The number of H-pyrrole nitrogens is 1. The fourth-order valence-corrected chi connectivity index (χ4v) is 2.21. The van der Waals surface area contributed by atoms with Crippen molar-refractivity contribution in [1.29, 1.82) is 0 Å². The van der Waals surface area contributed by atoms with E-state index in [1.54, 1.807) is 23.9 Å². The molecule has 2 heterocycles. The second-order valence-corrected chi connectivity index (χ2v) is 4.74. The Bertz CT molecular complexity index is 799. The van der Waals surface area contributed by atoms with Crippen LogP contribution in [0.2, 0.25) is 0 Å². The topological polar surface area (TPSA) is 88.7 Å². The number of hydrogen-bond acceptors (Lipinski definition) is 3. The van der Waals surface area contributed by atoms with Crippen LogP contribution in [0.25, 0.3) is 10.9 Å². The van der Waals surface area contributed by atoms with Crippen LogP contribution in [-0.2, 0) is 7.05 Å². The first-order valence-electron chi connectivity index (χ1n) is 6.24. The van der Waals surface area contributed by atoms with Crippen molar-refractivity contribution in [3.63, 3.8) is 0 Å². The Morgan fingerprint density at radius 2 is 2.20 bits per heavy atom. The summed E-state index contributed by atoms with van der Waals surface area (Å²) in [7, 11) is 1.78. The Hall–Kier alpha value is -2.76. The number of nitrogens with one attached hydrogen (secondary N) is 2. The third kappa shape index (κ3) is 2.01. The van der Waals surface area contributed by atoms with Crippen molar-refractivity contribution in [3.8, 4) is 0 Å². The standard InChI is InChI=1S/C14H15N5O/c1-8-6-12(19(2)18-8)17-14(20)11-7-9-4-3-5-10(15)13(9)16-11/h3-7,16H,15H2,1-2H3,(H,17,20). The van der Waals surface area contributed by atoms with Crippen LogP contribution in [0.4, 0.5) is 11.5 Å². The van der Waals surface area contributed by atoms with Gasteiger partial charge in [0.25, 0.3) is 5.91 Å². The lowest BCUT2D eigenvalue weighted by molar-refractivity contribution is 0.102. The molecular formula is C14H15N5O. The number of carbonyl (C=O) groups is 1. The maximum atomic E-state index is 12.2. The minimum absolute atomic E-state index is 0.219. The van der Waals surface area contributed by atoms with E-state index in [1.165, 1.54) is 0 Å². The Labute approximate surface area is 115 Å². The van der Waals surface area contributed by atoms with E-state index in [-0.39, 0.29) is 5.91 Å². The van der Waals surface area contributed by atoms with E-state index in [0.29, 0.717) is 17.2 Å². The Morgan fingerprint density at radius 3 is 2.85 bits per heavy atom. The molecule has 0 bridgehead atoms. The summed E-state index contributed by atoms with van der Waals surface area (Å²) >= 11 is 0. The summed E-state index contributed by atoms with van der Waals surface area (Å²) in [6.07, 6.45) is 0. The second kappa shape index (κ2) is 4.41. The molecule has 0 spiro atoms. The number of aromatic nitrogens is 3. The molecule has 2 aromatic heterocycles. The van der Waals surface area contributed by atoms with Crippen molar-refractivity contribution in [3.05, 3.63) is 41.7 Å². The number of amides is 1. The van der Waals surface area contributed by atoms with Gasteiger partial charge in [0, 0.05) is 18.5 Å². The van der Waals surface area contributed by atoms with E-state index in [1.807, 2.05) is 25.1 Å². The Balaban J connectivity index is 1.93. The molecule has 3 rings (SSSR count). The highest BCUT2D eigenvalue weighted by atomic mass is 16.2. The fourth-order valence-electron chi connectivity index (χ4n) is 2.21. The molecular weight excluding hydrogens is 254 g/mol. The summed E-state index contributed by atoms with van der Waals surface area (Å²) in [5.74, 6) is 0.433. The number of rotatable bonds is 2. The number of benzene rings is 1. The van der Waals surface area contributed by atoms with Gasteiger partial charge in [-0.05, 0) is 19.1 Å². The van der Waals surface area contributed by atoms with E-state index in [2.05, 4.69) is 15.4 Å². The number of carbonyl (C=O) groups excluding carboxylic acids is 1. The number of nitrogen functional groups attached to an aromatic ring is 1. The molecule has 0 fully saturated rings. The SMILES string of the molecule is Cc1cc(NC(=O)c2cc3cccc(N)c3[nH]2)n(C)n1. The Kier molecular flexibility index (Phi) is 2.71. The van der Waals surface area contributed by atoms with Crippen LogP contribution in [0.1, 0.15) is 16.2 Å². The van der Waals surface area contributed by atoms with Gasteiger partial charge in [0.1, 0.15) is 11.5 Å². The quantitative estimate of drug-likeness (QED) is 0.622. The van der Waals surface area contributed by atoms with Crippen molar-refractivity contribution >= 4 is 28.3 Å². The summed E-state index contributed by atoms with van der Waals surface area (Å²) in [6, 6.07) is 9.16. The monoisotopic (exact) mass is 269 g/mol. The van der Waals surface area contributed by atoms with Crippen LogP contribution < -0.4 is 11.1 Å². The maximum Gasteiger partial charge on any atom is 0.273 e. The fraction of sp³-hybridized carbons (Fsp3) is 0.143. The molecule has 20 heavy (non-hydrogen) atoms. The second-order valence-electron chi connectivity index (χ2n) is 4.74. The van der Waals surface area contributed by atoms with Crippen molar-refractivity contribution in [2.75, 3.05) is 11.1 Å². The van der Waals surface area contributed by atoms with Crippen LogP contribution in [0.3, 0.4) is 0 Å². The Morgan fingerprint density at radius 1 is 1.40 bits per heavy atom. The number of anilines is 2. The lowest BCUT2D eigenvalue weighted by atomic mass is 10.2. The largest absolute Gasteiger partial charge is 0.397 e. The highest BCUT2D eigenvalue weighted by Crippen LogP contribution is 2.21. The summed E-state index contributed by atoms with van der Waals surface area (Å²) < 4.78 is 1.63. The highest BCUT2D eigenvalue weighted by Gasteiger charge is 2.13. The highest BCUT2D eigenvalue weighted by molar-refractivity contribution is 6.06. The normalized spacial score (nSPS) is 10.9. The average molecular weight is 269 g/mol. The molecule has 0 saturated heterocycles. The van der Waals surface area contributed by atoms with E-state index in [9.17, 15) is 4.79 Å². The van der Waals surface area contributed by atoms with Gasteiger partial charge in [0.2, 0.25) is 0 Å². The van der Waals surface area contributed by atoms with Gasteiger partial charge < -0.3 is 16.0 Å². The van der Waals surface area contributed by atoms with Crippen molar-refractivity contribution in [2.24, 2.45) is 7.05 Å². The minimum atomic E-state index is -0.219. The van der Waals surface area contributed by atoms with Gasteiger partial charge in [-0.2, -0.15) is 5.10 Å². The molecule has 1 amide bonds. The van der Waals surface area contributed by atoms with Crippen LogP contribution >= 0.6 is 0 Å². The van der Waals surface area contributed by atoms with Crippen LogP contribution in [0, 0.1) is 6.92 Å². The van der Waals surface area contributed by atoms with Gasteiger partial charge in [0.15, 0.2) is 0 Å². The molecule has 0 unspecified atom stereocenters. The first kappa shape index (κ1) is 12.3. The zero-order valence-corrected chi connectivity index (χ0v) is 11.3. The van der Waals surface area contributed by atoms with Gasteiger partial charge in [-0.15, -0.1) is 0 Å². The number of fused-ring (bicyclic) bond motifs is 1.